The van der Waals surface area contributed by atoms with Crippen LogP contribution in [0.25, 0.3) is 19.8 Å². The number of nitrogens with zero attached hydrogens (tertiary/aromatic N) is 1. The van der Waals surface area contributed by atoms with Gasteiger partial charge in [-0.3, -0.25) is 15.8 Å². The van der Waals surface area contributed by atoms with Gasteiger partial charge in [-0.15, -0.1) is 11.3 Å². The van der Waals surface area contributed by atoms with Crippen LogP contribution in [0, 0.1) is 15.9 Å². The van der Waals surface area contributed by atoms with Gasteiger partial charge in [-0.2, -0.15) is 0 Å². The third-order valence-electron chi connectivity index (χ3n) is 6.19. The van der Waals surface area contributed by atoms with Crippen molar-refractivity contribution in [1.29, 1.82) is 0 Å². The second-order valence-corrected chi connectivity index (χ2v) is 10.5. The number of aromatic amines is 1. The SMILES string of the molecule is COc1ccc(C(Cc2cc([N+](=O)[O-])ccc2OC)c2[nH+]c(N)sc2-c2cc3ccccc3s2)cc1F. The molecule has 5 rings (SSSR count). The Balaban J connectivity index is 1.68. The third kappa shape index (κ3) is 4.85. The van der Waals surface area contributed by atoms with E-state index in [0.717, 1.165) is 25.5 Å². The quantitative estimate of drug-likeness (QED) is 0.181. The van der Waals surface area contributed by atoms with Crippen molar-refractivity contribution in [2.45, 2.75) is 12.3 Å². The van der Waals surface area contributed by atoms with E-state index < -0.39 is 16.7 Å². The molecule has 2 heterocycles. The van der Waals surface area contributed by atoms with Crippen LogP contribution in [0.4, 0.5) is 15.2 Å². The Labute approximate surface area is 220 Å². The monoisotopic (exact) mass is 536 g/mol. The number of non-ortho nitro benzene ring substituents is 1. The molecule has 0 amide bonds. The highest BCUT2D eigenvalue weighted by molar-refractivity contribution is 7.27. The van der Waals surface area contributed by atoms with Gasteiger partial charge in [-0.1, -0.05) is 24.3 Å². The molecular weight excluding hydrogens is 513 g/mol. The third-order valence-corrected chi connectivity index (χ3v) is 8.42. The number of nitro benzene ring substituents is 1. The number of benzene rings is 3. The number of rotatable bonds is 8. The van der Waals surface area contributed by atoms with Crippen LogP contribution in [0.5, 0.6) is 11.5 Å². The summed E-state index contributed by atoms with van der Waals surface area (Å²) in [6, 6.07) is 19.5. The molecule has 188 valence electrons. The van der Waals surface area contributed by atoms with Gasteiger partial charge in [0.25, 0.3) is 5.69 Å². The van der Waals surface area contributed by atoms with Gasteiger partial charge in [0.05, 0.1) is 29.9 Å². The van der Waals surface area contributed by atoms with Gasteiger partial charge in [0, 0.05) is 27.3 Å². The highest BCUT2D eigenvalue weighted by atomic mass is 32.1. The summed E-state index contributed by atoms with van der Waals surface area (Å²) in [5, 5.41) is 13.1. The number of ether oxygens (including phenoxy) is 2. The zero-order valence-corrected chi connectivity index (χ0v) is 21.6. The topological polar surface area (TPSA) is 102 Å². The molecule has 10 heteroatoms. The zero-order valence-electron chi connectivity index (χ0n) is 20.0. The number of fused-ring (bicyclic) bond motifs is 1. The highest BCUT2D eigenvalue weighted by Crippen LogP contribution is 2.43. The molecule has 0 saturated carbocycles. The fourth-order valence-electron chi connectivity index (χ4n) is 4.45. The van der Waals surface area contributed by atoms with Crippen molar-refractivity contribution in [1.82, 2.24) is 0 Å². The summed E-state index contributed by atoms with van der Waals surface area (Å²) in [4.78, 5) is 16.3. The molecule has 2 aromatic heterocycles. The maximum absolute atomic E-state index is 14.9. The lowest BCUT2D eigenvalue weighted by Gasteiger charge is -2.18. The second kappa shape index (κ2) is 10.2. The molecule has 3 aromatic carbocycles. The molecule has 3 N–H and O–H groups in total. The number of methoxy groups -OCH3 is 2. The van der Waals surface area contributed by atoms with Crippen LogP contribution in [-0.2, 0) is 6.42 Å². The van der Waals surface area contributed by atoms with E-state index in [9.17, 15) is 14.5 Å². The number of nitrogens with one attached hydrogen (secondary N) is 1. The van der Waals surface area contributed by atoms with Crippen LogP contribution in [0.3, 0.4) is 0 Å². The molecule has 37 heavy (non-hydrogen) atoms. The van der Waals surface area contributed by atoms with Crippen LogP contribution in [-0.4, -0.2) is 19.1 Å². The minimum atomic E-state index is -0.498. The molecule has 5 aromatic rings. The van der Waals surface area contributed by atoms with E-state index in [1.165, 1.54) is 43.8 Å². The molecule has 0 spiro atoms. The maximum atomic E-state index is 14.9. The number of nitrogens with two attached hydrogens (primary N) is 1. The minimum absolute atomic E-state index is 0.0472. The van der Waals surface area contributed by atoms with Crippen LogP contribution in [0.1, 0.15) is 22.7 Å². The summed E-state index contributed by atoms with van der Waals surface area (Å²) in [5.41, 5.74) is 8.32. The lowest BCUT2D eigenvalue weighted by Crippen LogP contribution is -2.18. The number of thiophene rings is 1. The van der Waals surface area contributed by atoms with Crippen LogP contribution < -0.4 is 20.2 Å². The summed E-state index contributed by atoms with van der Waals surface area (Å²) < 4.78 is 26.7. The first-order valence-corrected chi connectivity index (χ1v) is 13.0. The molecule has 0 aliphatic rings. The summed E-state index contributed by atoms with van der Waals surface area (Å²) in [7, 11) is 2.93. The number of hydrogen-bond acceptors (Lipinski definition) is 7. The molecule has 0 aliphatic carbocycles. The van der Waals surface area contributed by atoms with Crippen molar-refractivity contribution >= 4 is 43.6 Å². The standard InChI is InChI=1S/C27H22FN3O4S2/c1-34-21-10-8-18(31(32)33)11-17(21)12-19(15-7-9-22(35-2)20(28)13-15)25-26(37-27(29)30-25)24-14-16-5-3-4-6-23(16)36-24/h3-11,13-14,19H,12H2,1-2H3,(H2,29,30)/p+1. The average molecular weight is 537 g/mol. The van der Waals surface area contributed by atoms with Gasteiger partial charge >= 0.3 is 5.13 Å². The van der Waals surface area contributed by atoms with E-state index in [2.05, 4.69) is 23.2 Å². The molecule has 0 saturated heterocycles. The number of nitro groups is 1. The predicted octanol–water partition coefficient (Wildman–Crippen LogP) is 6.47. The molecule has 0 aliphatic heterocycles. The molecule has 1 unspecified atom stereocenters. The molecule has 1 atom stereocenters. The largest absolute Gasteiger partial charge is 0.496 e. The highest BCUT2D eigenvalue weighted by Gasteiger charge is 2.29. The van der Waals surface area contributed by atoms with Crippen LogP contribution in [0.15, 0.2) is 66.7 Å². The van der Waals surface area contributed by atoms with Crippen LogP contribution in [0.2, 0.25) is 0 Å². The van der Waals surface area contributed by atoms with E-state index in [4.69, 9.17) is 15.2 Å². The molecule has 7 nitrogen and oxygen atoms in total. The Kier molecular flexibility index (Phi) is 6.77. The number of aromatic nitrogens is 1. The fraction of sp³-hybridized carbons (Fsp3) is 0.148. The fourth-order valence-corrected chi connectivity index (χ4v) is 6.56. The Bertz CT molecular complexity index is 1580. The first-order valence-electron chi connectivity index (χ1n) is 11.3. The van der Waals surface area contributed by atoms with Crippen molar-refractivity contribution in [3.8, 4) is 21.3 Å². The number of halogens is 1. The lowest BCUT2D eigenvalue weighted by atomic mass is 9.87. The van der Waals surface area contributed by atoms with Gasteiger partial charge in [-0.05, 0) is 59.0 Å². The smallest absolute Gasteiger partial charge is 0.330 e. The molecular formula is C27H23FN3O4S2+. The first-order chi connectivity index (χ1) is 17.9. The number of hydrogen-bond donors (Lipinski definition) is 1. The van der Waals surface area contributed by atoms with Gasteiger partial charge in [0.15, 0.2) is 11.6 Å². The minimum Gasteiger partial charge on any atom is -0.496 e. The molecule has 0 bridgehead atoms. The summed E-state index contributed by atoms with van der Waals surface area (Å²) in [6.45, 7) is 0. The Morgan fingerprint density at radius 2 is 1.78 bits per heavy atom. The van der Waals surface area contributed by atoms with Gasteiger partial charge in [-0.25, -0.2) is 9.37 Å². The summed E-state index contributed by atoms with van der Waals surface area (Å²) in [5.74, 6) is -0.266. The first kappa shape index (κ1) is 24.7. The van der Waals surface area contributed by atoms with Crippen molar-refractivity contribution in [2.24, 2.45) is 0 Å². The van der Waals surface area contributed by atoms with E-state index in [0.29, 0.717) is 28.4 Å². The van der Waals surface area contributed by atoms with Crippen molar-refractivity contribution in [3.63, 3.8) is 0 Å². The Hall–Kier alpha value is -4.02. The molecule has 0 radical (unpaired) electrons. The van der Waals surface area contributed by atoms with Gasteiger partial charge in [0.1, 0.15) is 11.4 Å². The number of anilines is 1. The van der Waals surface area contributed by atoms with Crippen LogP contribution >= 0.6 is 22.7 Å². The van der Waals surface area contributed by atoms with E-state index in [-0.39, 0.29) is 11.4 Å². The van der Waals surface area contributed by atoms with Crippen molar-refractivity contribution in [2.75, 3.05) is 20.0 Å². The van der Waals surface area contributed by atoms with E-state index in [1.807, 2.05) is 12.1 Å². The lowest BCUT2D eigenvalue weighted by molar-refractivity contribution is -0.385. The maximum Gasteiger partial charge on any atom is 0.330 e. The number of thiazole rings is 1. The Morgan fingerprint density at radius 1 is 1.03 bits per heavy atom. The zero-order chi connectivity index (χ0) is 26.1. The second-order valence-electron chi connectivity index (χ2n) is 8.39. The van der Waals surface area contributed by atoms with Gasteiger partial charge in [0.2, 0.25) is 0 Å². The Morgan fingerprint density at radius 3 is 2.49 bits per heavy atom. The number of H-pyrrole nitrogens is 1. The predicted molar refractivity (Wildman–Crippen MR) is 144 cm³/mol. The van der Waals surface area contributed by atoms with Gasteiger partial charge < -0.3 is 9.47 Å². The number of nitrogen functional groups attached to an aromatic ring is 1. The molecule has 0 fully saturated rings. The summed E-state index contributed by atoms with van der Waals surface area (Å²) >= 11 is 3.07. The van der Waals surface area contributed by atoms with Crippen molar-refractivity contribution < 1.29 is 23.8 Å². The van der Waals surface area contributed by atoms with E-state index in [1.54, 1.807) is 29.5 Å². The summed E-state index contributed by atoms with van der Waals surface area (Å²) in [6.07, 6.45) is 0.307. The average Bonchev–Trinajstić information content (AvgIpc) is 3.50. The van der Waals surface area contributed by atoms with E-state index >= 15 is 0 Å². The van der Waals surface area contributed by atoms with Crippen molar-refractivity contribution in [3.05, 3.63) is 99.5 Å². The normalized spacial score (nSPS) is 12.0.